The Hall–Kier alpha value is -2.47. The van der Waals surface area contributed by atoms with Crippen LogP contribution in [-0.2, 0) is 0 Å². The van der Waals surface area contributed by atoms with Gasteiger partial charge in [0.2, 0.25) is 0 Å². The second-order valence-electron chi connectivity index (χ2n) is 5.38. The highest BCUT2D eigenvalue weighted by Crippen LogP contribution is 2.18. The molecule has 0 saturated heterocycles. The number of aryl methyl sites for hydroxylation is 2. The SMILES string of the molecule is Cc1ncc(C)c(NC(=O)NC(CCCO)c2ccccc2)n1. The van der Waals surface area contributed by atoms with Crippen LogP contribution in [0.15, 0.2) is 36.5 Å². The third-order valence-electron chi connectivity index (χ3n) is 3.48. The first-order chi connectivity index (χ1) is 11.1. The molecule has 1 unspecified atom stereocenters. The van der Waals surface area contributed by atoms with Crippen molar-refractivity contribution in [1.29, 1.82) is 0 Å². The van der Waals surface area contributed by atoms with Crippen LogP contribution in [0.1, 0.15) is 35.8 Å². The molecule has 0 spiro atoms. The highest BCUT2D eigenvalue weighted by atomic mass is 16.3. The van der Waals surface area contributed by atoms with Gasteiger partial charge in [0, 0.05) is 18.4 Å². The minimum absolute atomic E-state index is 0.0941. The summed E-state index contributed by atoms with van der Waals surface area (Å²) in [5, 5.41) is 14.8. The van der Waals surface area contributed by atoms with Gasteiger partial charge in [-0.15, -0.1) is 0 Å². The molecule has 1 aromatic heterocycles. The van der Waals surface area contributed by atoms with E-state index in [-0.39, 0.29) is 18.7 Å². The molecule has 2 aromatic rings. The number of nitrogens with one attached hydrogen (secondary N) is 2. The monoisotopic (exact) mass is 314 g/mol. The Bertz CT molecular complexity index is 646. The largest absolute Gasteiger partial charge is 0.396 e. The van der Waals surface area contributed by atoms with Crippen molar-refractivity contribution in [2.24, 2.45) is 0 Å². The van der Waals surface area contributed by atoms with Gasteiger partial charge in [0.1, 0.15) is 11.6 Å². The van der Waals surface area contributed by atoms with Crippen LogP contribution in [0.4, 0.5) is 10.6 Å². The number of nitrogens with zero attached hydrogens (tertiary/aromatic N) is 2. The van der Waals surface area contributed by atoms with Gasteiger partial charge < -0.3 is 10.4 Å². The number of hydrogen-bond acceptors (Lipinski definition) is 4. The van der Waals surface area contributed by atoms with E-state index in [4.69, 9.17) is 5.11 Å². The van der Waals surface area contributed by atoms with E-state index in [1.807, 2.05) is 37.3 Å². The molecule has 0 radical (unpaired) electrons. The van der Waals surface area contributed by atoms with Gasteiger partial charge in [-0.05, 0) is 32.3 Å². The first-order valence-corrected chi connectivity index (χ1v) is 7.63. The first kappa shape index (κ1) is 16.9. The lowest BCUT2D eigenvalue weighted by Gasteiger charge is -2.19. The van der Waals surface area contributed by atoms with Gasteiger partial charge in [0.05, 0.1) is 6.04 Å². The van der Waals surface area contributed by atoms with Crippen LogP contribution in [0.25, 0.3) is 0 Å². The zero-order valence-electron chi connectivity index (χ0n) is 13.4. The van der Waals surface area contributed by atoms with Crippen molar-refractivity contribution in [1.82, 2.24) is 15.3 Å². The predicted molar refractivity (Wildman–Crippen MR) is 89.2 cm³/mol. The predicted octanol–water partition coefficient (Wildman–Crippen LogP) is 2.73. The number of benzene rings is 1. The molecule has 1 heterocycles. The molecule has 6 heteroatoms. The highest BCUT2D eigenvalue weighted by molar-refractivity contribution is 5.89. The number of carbonyl (C=O) groups is 1. The number of rotatable bonds is 6. The zero-order chi connectivity index (χ0) is 16.7. The summed E-state index contributed by atoms with van der Waals surface area (Å²) in [5.41, 5.74) is 1.81. The Morgan fingerprint density at radius 3 is 2.70 bits per heavy atom. The number of urea groups is 1. The van der Waals surface area contributed by atoms with E-state index in [2.05, 4.69) is 20.6 Å². The summed E-state index contributed by atoms with van der Waals surface area (Å²) >= 11 is 0. The lowest BCUT2D eigenvalue weighted by Crippen LogP contribution is -2.33. The van der Waals surface area contributed by atoms with Crippen molar-refractivity contribution in [3.8, 4) is 0 Å². The van der Waals surface area contributed by atoms with Crippen LogP contribution in [0.2, 0.25) is 0 Å². The summed E-state index contributed by atoms with van der Waals surface area (Å²) in [6.07, 6.45) is 2.96. The van der Waals surface area contributed by atoms with E-state index in [0.717, 1.165) is 11.1 Å². The molecular formula is C17H22N4O2. The molecule has 0 aliphatic rings. The summed E-state index contributed by atoms with van der Waals surface area (Å²) in [6.45, 7) is 3.71. The molecule has 23 heavy (non-hydrogen) atoms. The fraction of sp³-hybridized carbons (Fsp3) is 0.353. The molecule has 122 valence electrons. The Morgan fingerprint density at radius 1 is 1.26 bits per heavy atom. The highest BCUT2D eigenvalue weighted by Gasteiger charge is 2.15. The number of aliphatic hydroxyl groups excluding tert-OH is 1. The molecule has 0 fully saturated rings. The van der Waals surface area contributed by atoms with Crippen LogP contribution in [-0.4, -0.2) is 27.7 Å². The summed E-state index contributed by atoms with van der Waals surface area (Å²) in [6, 6.07) is 9.23. The number of aromatic nitrogens is 2. The number of amides is 2. The standard InChI is InChI=1S/C17H22N4O2/c1-12-11-18-13(2)19-16(12)21-17(23)20-15(9-6-10-22)14-7-4-3-5-8-14/h3-5,7-8,11,15,22H,6,9-10H2,1-2H3,(H2,18,19,20,21,23). The average Bonchev–Trinajstić information content (AvgIpc) is 2.55. The Morgan fingerprint density at radius 2 is 2.00 bits per heavy atom. The molecule has 0 saturated carbocycles. The summed E-state index contributed by atoms with van der Waals surface area (Å²) in [4.78, 5) is 20.6. The maximum Gasteiger partial charge on any atom is 0.320 e. The normalized spacial score (nSPS) is 11.8. The molecule has 2 rings (SSSR count). The van der Waals surface area contributed by atoms with Gasteiger partial charge in [-0.25, -0.2) is 14.8 Å². The third kappa shape index (κ3) is 5.03. The van der Waals surface area contributed by atoms with Crippen molar-refractivity contribution in [3.05, 3.63) is 53.5 Å². The Labute approximate surface area is 136 Å². The molecule has 1 aromatic carbocycles. The van der Waals surface area contributed by atoms with Crippen molar-refractivity contribution in [2.75, 3.05) is 11.9 Å². The van der Waals surface area contributed by atoms with Crippen LogP contribution in [0.5, 0.6) is 0 Å². The van der Waals surface area contributed by atoms with E-state index < -0.39 is 0 Å². The van der Waals surface area contributed by atoms with E-state index in [9.17, 15) is 4.79 Å². The Kier molecular flexibility index (Phi) is 6.05. The van der Waals surface area contributed by atoms with Gasteiger partial charge in [-0.3, -0.25) is 5.32 Å². The van der Waals surface area contributed by atoms with E-state index in [0.29, 0.717) is 24.5 Å². The van der Waals surface area contributed by atoms with Crippen molar-refractivity contribution >= 4 is 11.8 Å². The summed E-state index contributed by atoms with van der Waals surface area (Å²) in [7, 11) is 0. The zero-order valence-corrected chi connectivity index (χ0v) is 13.4. The Balaban J connectivity index is 2.06. The molecule has 2 amide bonds. The lowest BCUT2D eigenvalue weighted by atomic mass is 10.0. The van der Waals surface area contributed by atoms with E-state index in [1.165, 1.54) is 0 Å². The number of carbonyl (C=O) groups excluding carboxylic acids is 1. The van der Waals surface area contributed by atoms with Crippen LogP contribution >= 0.6 is 0 Å². The molecule has 1 atom stereocenters. The van der Waals surface area contributed by atoms with Gasteiger partial charge in [-0.1, -0.05) is 30.3 Å². The minimum Gasteiger partial charge on any atom is -0.396 e. The number of hydrogen-bond donors (Lipinski definition) is 3. The van der Waals surface area contributed by atoms with E-state index >= 15 is 0 Å². The minimum atomic E-state index is -0.321. The second kappa shape index (κ2) is 8.24. The molecule has 0 bridgehead atoms. The third-order valence-corrected chi connectivity index (χ3v) is 3.48. The molecule has 0 aliphatic carbocycles. The number of aliphatic hydroxyl groups is 1. The second-order valence-corrected chi connectivity index (χ2v) is 5.38. The fourth-order valence-corrected chi connectivity index (χ4v) is 2.26. The molecule has 3 N–H and O–H groups in total. The van der Waals surface area contributed by atoms with Gasteiger partial charge in [0.15, 0.2) is 0 Å². The molecule has 0 aliphatic heterocycles. The van der Waals surface area contributed by atoms with Crippen LogP contribution in [0, 0.1) is 13.8 Å². The topological polar surface area (TPSA) is 87.1 Å². The van der Waals surface area contributed by atoms with Gasteiger partial charge in [0.25, 0.3) is 0 Å². The maximum atomic E-state index is 12.3. The van der Waals surface area contributed by atoms with Gasteiger partial charge in [-0.2, -0.15) is 0 Å². The maximum absolute atomic E-state index is 12.3. The van der Waals surface area contributed by atoms with Gasteiger partial charge >= 0.3 is 6.03 Å². The quantitative estimate of drug-likeness (QED) is 0.765. The summed E-state index contributed by atoms with van der Waals surface area (Å²) < 4.78 is 0. The summed E-state index contributed by atoms with van der Waals surface area (Å²) in [5.74, 6) is 1.11. The lowest BCUT2D eigenvalue weighted by molar-refractivity contribution is 0.243. The number of anilines is 1. The average molecular weight is 314 g/mol. The fourth-order valence-electron chi connectivity index (χ4n) is 2.26. The van der Waals surface area contributed by atoms with Crippen LogP contribution in [0.3, 0.4) is 0 Å². The van der Waals surface area contributed by atoms with E-state index in [1.54, 1.807) is 13.1 Å². The first-order valence-electron chi connectivity index (χ1n) is 7.63. The van der Waals surface area contributed by atoms with Crippen molar-refractivity contribution < 1.29 is 9.90 Å². The van der Waals surface area contributed by atoms with Crippen LogP contribution < -0.4 is 10.6 Å². The molecular weight excluding hydrogens is 292 g/mol. The molecule has 6 nitrogen and oxygen atoms in total. The smallest absolute Gasteiger partial charge is 0.320 e. The van der Waals surface area contributed by atoms with Crippen molar-refractivity contribution in [2.45, 2.75) is 32.7 Å². The van der Waals surface area contributed by atoms with Crippen molar-refractivity contribution in [3.63, 3.8) is 0 Å².